The molecule has 4 aliphatic rings. The Morgan fingerprint density at radius 3 is 2.53 bits per heavy atom. The molecule has 0 aromatic carbocycles. The number of aliphatic hydroxyl groups is 2. The minimum Gasteiger partial charge on any atom is -0.396 e. The van der Waals surface area contributed by atoms with Crippen LogP contribution in [0.1, 0.15) is 92.4 Å². The normalized spacial score (nSPS) is 51.8. The summed E-state index contributed by atoms with van der Waals surface area (Å²) in [7, 11) is 0. The van der Waals surface area contributed by atoms with Crippen molar-refractivity contribution in [2.24, 2.45) is 58.2 Å². The number of fused-ring (bicyclic) bond motifs is 5. The van der Waals surface area contributed by atoms with Crippen molar-refractivity contribution in [3.05, 3.63) is 0 Å². The van der Waals surface area contributed by atoms with Crippen LogP contribution in [0.4, 0.5) is 0 Å². The summed E-state index contributed by atoms with van der Waals surface area (Å²) in [6.07, 6.45) is 9.27. The van der Waals surface area contributed by atoms with Crippen LogP contribution in [0.3, 0.4) is 0 Å². The monoisotopic (exact) mass is 418 g/mol. The molecule has 3 heteroatoms. The van der Waals surface area contributed by atoms with Gasteiger partial charge in [-0.2, -0.15) is 0 Å². The molecule has 3 nitrogen and oxygen atoms in total. The fraction of sp³-hybridized carbons (Fsp3) is 0.963. The number of Topliss-reactive ketones (excluding diaryl/α,β-unsaturated/α-hetero) is 1. The summed E-state index contributed by atoms with van der Waals surface area (Å²) >= 11 is 0. The fourth-order valence-corrected chi connectivity index (χ4v) is 9.57. The van der Waals surface area contributed by atoms with Crippen LogP contribution < -0.4 is 0 Å². The molecule has 0 aliphatic heterocycles. The zero-order valence-corrected chi connectivity index (χ0v) is 20.1. The molecule has 11 atom stereocenters. The number of ketones is 1. The van der Waals surface area contributed by atoms with Crippen molar-refractivity contribution in [3.8, 4) is 0 Å². The Hall–Kier alpha value is -0.410. The number of rotatable bonds is 5. The van der Waals surface area contributed by atoms with Crippen molar-refractivity contribution in [2.45, 2.75) is 98.5 Å². The van der Waals surface area contributed by atoms with E-state index in [9.17, 15) is 15.0 Å². The molecule has 0 heterocycles. The van der Waals surface area contributed by atoms with E-state index in [1.165, 1.54) is 25.7 Å². The maximum atomic E-state index is 13.9. The number of hydrogen-bond donors (Lipinski definition) is 2. The minimum absolute atomic E-state index is 0.0253. The Labute approximate surface area is 184 Å². The smallest absolute Gasteiger partial charge is 0.137 e. The van der Waals surface area contributed by atoms with E-state index in [1.54, 1.807) is 0 Å². The second-order valence-electron chi connectivity index (χ2n) is 12.4. The van der Waals surface area contributed by atoms with Gasteiger partial charge in [-0.05, 0) is 90.8 Å². The molecule has 2 N–H and O–H groups in total. The summed E-state index contributed by atoms with van der Waals surface area (Å²) in [6.45, 7) is 12.0. The molecule has 0 spiro atoms. The first kappa shape index (κ1) is 22.8. The van der Waals surface area contributed by atoms with Crippen LogP contribution in [0.25, 0.3) is 0 Å². The lowest BCUT2D eigenvalue weighted by molar-refractivity contribution is -0.198. The quantitative estimate of drug-likeness (QED) is 0.622. The molecule has 0 aromatic rings. The second-order valence-corrected chi connectivity index (χ2v) is 12.4. The van der Waals surface area contributed by atoms with Gasteiger partial charge in [0, 0.05) is 18.9 Å². The third kappa shape index (κ3) is 3.24. The highest BCUT2D eigenvalue weighted by atomic mass is 16.3. The zero-order chi connectivity index (χ0) is 21.8. The van der Waals surface area contributed by atoms with Crippen LogP contribution in [0.5, 0.6) is 0 Å². The predicted octanol–water partition coefficient (Wildman–Crippen LogP) is 5.48. The topological polar surface area (TPSA) is 57.5 Å². The first-order chi connectivity index (χ1) is 14.2. The average molecular weight is 419 g/mol. The standard InChI is InChI=1S/C27H46O3/c1-6-18-21-14-16(2)11-12-26(21,4)24-22(29)15-27(5)19(17(3)8-7-13-28)9-10-20(27)23(24)25(18)30/h16-21,23-25,28,30H,6-15H2,1-5H3/t16-,17-,18-,19-,20?,21+,23?,24?,25-,26+,27-/m1/s1. The van der Waals surface area contributed by atoms with Crippen LogP contribution in [0, 0.1) is 58.2 Å². The van der Waals surface area contributed by atoms with E-state index >= 15 is 0 Å². The summed E-state index contributed by atoms with van der Waals surface area (Å²) in [5.74, 6) is 3.81. The van der Waals surface area contributed by atoms with Gasteiger partial charge in [0.1, 0.15) is 5.78 Å². The van der Waals surface area contributed by atoms with Gasteiger partial charge in [-0.1, -0.05) is 47.5 Å². The molecular formula is C27H46O3. The molecule has 0 bridgehead atoms. The summed E-state index contributed by atoms with van der Waals surface area (Å²) in [6, 6.07) is 0. The number of carbonyl (C=O) groups is 1. The highest BCUT2D eigenvalue weighted by Gasteiger charge is 2.67. The SMILES string of the molecule is CC[C@H]1[C@@H](O)C2C3CC[C@H]([C@H](C)CCCO)[C@@]3(C)CC(=O)C2[C@@]2(C)CC[C@@H](C)C[C@@H]12. The maximum Gasteiger partial charge on any atom is 0.137 e. The van der Waals surface area contributed by atoms with Gasteiger partial charge in [0.25, 0.3) is 0 Å². The van der Waals surface area contributed by atoms with E-state index in [4.69, 9.17) is 0 Å². The highest BCUT2D eigenvalue weighted by Crippen LogP contribution is 2.68. The number of hydrogen-bond acceptors (Lipinski definition) is 3. The number of aliphatic hydroxyl groups excluding tert-OH is 2. The molecule has 4 saturated carbocycles. The maximum absolute atomic E-state index is 13.9. The highest BCUT2D eigenvalue weighted by molar-refractivity contribution is 5.84. The molecule has 0 saturated heterocycles. The van der Waals surface area contributed by atoms with Gasteiger partial charge in [-0.3, -0.25) is 4.79 Å². The summed E-state index contributed by atoms with van der Waals surface area (Å²) in [5, 5.41) is 21.1. The lowest BCUT2D eigenvalue weighted by Crippen LogP contribution is -2.64. The first-order valence-electron chi connectivity index (χ1n) is 13.0. The van der Waals surface area contributed by atoms with E-state index in [0.717, 1.165) is 25.7 Å². The van der Waals surface area contributed by atoms with Crippen LogP contribution >= 0.6 is 0 Å². The third-order valence-corrected chi connectivity index (χ3v) is 10.9. The molecule has 0 aromatic heterocycles. The van der Waals surface area contributed by atoms with Gasteiger partial charge in [0.2, 0.25) is 0 Å². The van der Waals surface area contributed by atoms with Crippen molar-refractivity contribution < 1.29 is 15.0 Å². The summed E-state index contributed by atoms with van der Waals surface area (Å²) in [4.78, 5) is 13.9. The molecule has 0 amide bonds. The van der Waals surface area contributed by atoms with Crippen LogP contribution in [-0.4, -0.2) is 28.7 Å². The van der Waals surface area contributed by atoms with Gasteiger partial charge >= 0.3 is 0 Å². The second kappa shape index (κ2) is 8.18. The van der Waals surface area contributed by atoms with Crippen molar-refractivity contribution >= 4 is 5.78 Å². The van der Waals surface area contributed by atoms with E-state index in [-0.39, 0.29) is 35.4 Å². The lowest BCUT2D eigenvalue weighted by Gasteiger charge is -2.64. The molecule has 4 fully saturated rings. The lowest BCUT2D eigenvalue weighted by atomic mass is 9.40. The first-order valence-corrected chi connectivity index (χ1v) is 13.0. The molecule has 30 heavy (non-hydrogen) atoms. The van der Waals surface area contributed by atoms with E-state index < -0.39 is 0 Å². The van der Waals surface area contributed by atoms with E-state index in [1.807, 2.05) is 0 Å². The Morgan fingerprint density at radius 2 is 1.87 bits per heavy atom. The van der Waals surface area contributed by atoms with Gasteiger partial charge < -0.3 is 10.2 Å². The van der Waals surface area contributed by atoms with E-state index in [2.05, 4.69) is 34.6 Å². The van der Waals surface area contributed by atoms with Crippen molar-refractivity contribution in [3.63, 3.8) is 0 Å². The molecule has 0 radical (unpaired) electrons. The summed E-state index contributed by atoms with van der Waals surface area (Å²) < 4.78 is 0. The fourth-order valence-electron chi connectivity index (χ4n) is 9.57. The van der Waals surface area contributed by atoms with Gasteiger partial charge in [-0.25, -0.2) is 0 Å². The van der Waals surface area contributed by atoms with Crippen molar-refractivity contribution in [1.29, 1.82) is 0 Å². The Kier molecular flexibility index (Phi) is 6.21. The van der Waals surface area contributed by atoms with Crippen molar-refractivity contribution in [2.75, 3.05) is 6.61 Å². The van der Waals surface area contributed by atoms with Crippen LogP contribution in [0.2, 0.25) is 0 Å². The number of carbonyl (C=O) groups excluding carboxylic acids is 1. The molecule has 4 rings (SSSR count). The molecule has 4 aliphatic carbocycles. The molecule has 172 valence electrons. The van der Waals surface area contributed by atoms with Gasteiger partial charge in [-0.15, -0.1) is 0 Å². The van der Waals surface area contributed by atoms with E-state index in [0.29, 0.717) is 47.7 Å². The third-order valence-electron chi connectivity index (χ3n) is 10.9. The van der Waals surface area contributed by atoms with Crippen LogP contribution in [0.15, 0.2) is 0 Å². The summed E-state index contributed by atoms with van der Waals surface area (Å²) in [5.41, 5.74) is 0.105. The molecular weight excluding hydrogens is 372 g/mol. The molecule has 3 unspecified atom stereocenters. The Balaban J connectivity index is 1.69. The minimum atomic E-state index is -0.316. The van der Waals surface area contributed by atoms with Gasteiger partial charge in [0.05, 0.1) is 6.10 Å². The largest absolute Gasteiger partial charge is 0.396 e. The van der Waals surface area contributed by atoms with Crippen LogP contribution in [-0.2, 0) is 4.79 Å². The zero-order valence-electron chi connectivity index (χ0n) is 20.1. The Morgan fingerprint density at radius 1 is 1.13 bits per heavy atom. The predicted molar refractivity (Wildman–Crippen MR) is 121 cm³/mol. The average Bonchev–Trinajstić information content (AvgIpc) is 3.04. The van der Waals surface area contributed by atoms with Crippen molar-refractivity contribution in [1.82, 2.24) is 0 Å². The Bertz CT molecular complexity index is 646. The van der Waals surface area contributed by atoms with Gasteiger partial charge in [0.15, 0.2) is 0 Å².